The fourth-order valence-corrected chi connectivity index (χ4v) is 2.80. The lowest BCUT2D eigenvalue weighted by Crippen LogP contribution is -2.11. The van der Waals surface area contributed by atoms with Gasteiger partial charge in [-0.05, 0) is 34.9 Å². The van der Waals surface area contributed by atoms with Gasteiger partial charge in [0, 0.05) is 0 Å². The number of hydrogen-bond donors (Lipinski definition) is 0. The van der Waals surface area contributed by atoms with Crippen molar-refractivity contribution in [3.8, 4) is 11.5 Å². The van der Waals surface area contributed by atoms with Gasteiger partial charge in [-0.25, -0.2) is 0 Å². The fraction of sp³-hybridized carbons (Fsp3) is 0.136. The van der Waals surface area contributed by atoms with E-state index in [4.69, 9.17) is 9.47 Å². The van der Waals surface area contributed by atoms with Crippen LogP contribution in [-0.4, -0.2) is 19.5 Å². The predicted octanol–water partition coefficient (Wildman–Crippen LogP) is 4.84. The molecule has 0 bridgehead atoms. The topological polar surface area (TPSA) is 35.5 Å². The van der Waals surface area contributed by atoms with Crippen LogP contribution in [0, 0.1) is 0 Å². The highest BCUT2D eigenvalue weighted by atomic mass is 16.5. The normalized spacial score (nSPS) is 10.4. The van der Waals surface area contributed by atoms with Crippen LogP contribution in [0.2, 0.25) is 0 Å². The second-order valence-corrected chi connectivity index (χ2v) is 5.61. The van der Waals surface area contributed by atoms with E-state index < -0.39 is 0 Å². The first kappa shape index (κ1) is 16.8. The molecule has 0 heterocycles. The Morgan fingerprint density at radius 2 is 1.56 bits per heavy atom. The number of hydrogen-bond acceptors (Lipinski definition) is 3. The Morgan fingerprint density at radius 3 is 2.36 bits per heavy atom. The molecule has 3 rings (SSSR count). The van der Waals surface area contributed by atoms with Crippen LogP contribution in [0.5, 0.6) is 11.5 Å². The standard InChI is InChI=1S/C22H20O3/c1-2-7-18-9-4-6-11-21(18)24-14-15-25-22-13-12-17-8-3-5-10-19(17)20(22)16-23/h2-6,8-13,16H,1,7,14-15H2. The maximum atomic E-state index is 11.5. The van der Waals surface area contributed by atoms with Crippen molar-refractivity contribution in [2.45, 2.75) is 6.42 Å². The van der Waals surface area contributed by atoms with Gasteiger partial charge in [-0.2, -0.15) is 0 Å². The third kappa shape index (κ3) is 3.89. The Hall–Kier alpha value is -3.07. The predicted molar refractivity (Wildman–Crippen MR) is 101 cm³/mol. The molecule has 0 fully saturated rings. The number of fused-ring (bicyclic) bond motifs is 1. The Morgan fingerprint density at radius 1 is 0.840 bits per heavy atom. The molecule has 0 saturated heterocycles. The van der Waals surface area contributed by atoms with E-state index in [0.717, 1.165) is 34.8 Å². The van der Waals surface area contributed by atoms with Crippen LogP contribution in [0.4, 0.5) is 0 Å². The summed E-state index contributed by atoms with van der Waals surface area (Å²) in [6, 6.07) is 19.4. The zero-order chi connectivity index (χ0) is 17.5. The lowest BCUT2D eigenvalue weighted by Gasteiger charge is -2.13. The number of para-hydroxylation sites is 1. The summed E-state index contributed by atoms with van der Waals surface area (Å²) >= 11 is 0. The van der Waals surface area contributed by atoms with Gasteiger partial charge in [0.25, 0.3) is 0 Å². The van der Waals surface area contributed by atoms with E-state index in [0.29, 0.717) is 24.5 Å². The van der Waals surface area contributed by atoms with E-state index in [1.165, 1.54) is 0 Å². The van der Waals surface area contributed by atoms with Crippen LogP contribution < -0.4 is 9.47 Å². The third-order valence-electron chi connectivity index (χ3n) is 3.98. The highest BCUT2D eigenvalue weighted by Gasteiger charge is 2.08. The largest absolute Gasteiger partial charge is 0.490 e. The fourth-order valence-electron chi connectivity index (χ4n) is 2.80. The Labute approximate surface area is 147 Å². The van der Waals surface area contributed by atoms with E-state index in [-0.39, 0.29) is 0 Å². The highest BCUT2D eigenvalue weighted by Crippen LogP contribution is 2.26. The van der Waals surface area contributed by atoms with E-state index in [1.54, 1.807) is 0 Å². The van der Waals surface area contributed by atoms with Gasteiger partial charge < -0.3 is 9.47 Å². The molecule has 0 aromatic heterocycles. The van der Waals surface area contributed by atoms with Gasteiger partial charge in [0.15, 0.2) is 6.29 Å². The van der Waals surface area contributed by atoms with Crippen molar-refractivity contribution in [1.29, 1.82) is 0 Å². The summed E-state index contributed by atoms with van der Waals surface area (Å²) in [6.07, 6.45) is 3.46. The van der Waals surface area contributed by atoms with E-state index in [2.05, 4.69) is 6.58 Å². The van der Waals surface area contributed by atoms with Gasteiger partial charge in [0.2, 0.25) is 0 Å². The molecule has 0 aliphatic heterocycles. The molecule has 0 amide bonds. The van der Waals surface area contributed by atoms with Gasteiger partial charge in [-0.15, -0.1) is 6.58 Å². The van der Waals surface area contributed by atoms with E-state index >= 15 is 0 Å². The SMILES string of the molecule is C=CCc1ccccc1OCCOc1ccc2ccccc2c1C=O. The zero-order valence-electron chi connectivity index (χ0n) is 14.0. The monoisotopic (exact) mass is 332 g/mol. The molecule has 0 saturated carbocycles. The minimum absolute atomic E-state index is 0.363. The van der Waals surface area contributed by atoms with Crippen LogP contribution in [0.3, 0.4) is 0 Å². The lowest BCUT2D eigenvalue weighted by molar-refractivity contribution is 0.112. The third-order valence-corrected chi connectivity index (χ3v) is 3.98. The van der Waals surface area contributed by atoms with E-state index in [1.807, 2.05) is 66.7 Å². The Kier molecular flexibility index (Phi) is 5.47. The molecule has 0 aliphatic carbocycles. The van der Waals surface area contributed by atoms with Crippen LogP contribution >= 0.6 is 0 Å². The van der Waals surface area contributed by atoms with Crippen molar-refractivity contribution < 1.29 is 14.3 Å². The summed E-state index contributed by atoms with van der Waals surface area (Å²) < 4.78 is 11.6. The quantitative estimate of drug-likeness (QED) is 0.336. The van der Waals surface area contributed by atoms with Gasteiger partial charge in [0.05, 0.1) is 5.56 Å². The summed E-state index contributed by atoms with van der Waals surface area (Å²) in [5.41, 5.74) is 1.67. The van der Waals surface area contributed by atoms with Crippen molar-refractivity contribution in [1.82, 2.24) is 0 Å². The maximum Gasteiger partial charge on any atom is 0.154 e. The average Bonchev–Trinajstić information content (AvgIpc) is 2.66. The highest BCUT2D eigenvalue weighted by molar-refractivity contribution is 6.00. The summed E-state index contributed by atoms with van der Waals surface area (Å²) in [7, 11) is 0. The van der Waals surface area contributed by atoms with Gasteiger partial charge in [0.1, 0.15) is 24.7 Å². The summed E-state index contributed by atoms with van der Waals surface area (Å²) in [6.45, 7) is 4.53. The maximum absolute atomic E-state index is 11.5. The van der Waals surface area contributed by atoms with Gasteiger partial charge in [-0.3, -0.25) is 4.79 Å². The van der Waals surface area contributed by atoms with Crippen LogP contribution in [0.15, 0.2) is 73.3 Å². The molecule has 3 nitrogen and oxygen atoms in total. The number of aldehydes is 1. The number of rotatable bonds is 8. The van der Waals surface area contributed by atoms with Crippen LogP contribution in [0.1, 0.15) is 15.9 Å². The molecular formula is C22H20O3. The smallest absolute Gasteiger partial charge is 0.154 e. The first-order chi connectivity index (χ1) is 12.3. The summed E-state index contributed by atoms with van der Waals surface area (Å²) in [4.78, 5) is 11.5. The molecule has 3 aromatic carbocycles. The number of carbonyl (C=O) groups excluding carboxylic acids is 1. The number of ether oxygens (including phenoxy) is 2. The number of benzene rings is 3. The molecular weight excluding hydrogens is 312 g/mol. The average molecular weight is 332 g/mol. The molecule has 25 heavy (non-hydrogen) atoms. The van der Waals surface area contributed by atoms with Gasteiger partial charge >= 0.3 is 0 Å². The minimum atomic E-state index is 0.363. The summed E-state index contributed by atoms with van der Waals surface area (Å²) in [5, 5.41) is 1.92. The first-order valence-electron chi connectivity index (χ1n) is 8.25. The van der Waals surface area contributed by atoms with Crippen LogP contribution in [0.25, 0.3) is 10.8 Å². The second kappa shape index (κ2) is 8.15. The minimum Gasteiger partial charge on any atom is -0.490 e. The lowest BCUT2D eigenvalue weighted by atomic mass is 10.0. The molecule has 0 aliphatic rings. The molecule has 0 N–H and O–H groups in total. The molecule has 126 valence electrons. The van der Waals surface area contributed by atoms with Crippen molar-refractivity contribution in [2.75, 3.05) is 13.2 Å². The zero-order valence-corrected chi connectivity index (χ0v) is 14.0. The first-order valence-corrected chi connectivity index (χ1v) is 8.25. The van der Waals surface area contributed by atoms with Crippen molar-refractivity contribution in [3.05, 3.63) is 84.4 Å². The Balaban J connectivity index is 1.66. The molecule has 0 spiro atoms. The van der Waals surface area contributed by atoms with Crippen molar-refractivity contribution in [3.63, 3.8) is 0 Å². The van der Waals surface area contributed by atoms with Gasteiger partial charge in [-0.1, -0.05) is 54.6 Å². The molecule has 3 aromatic rings. The molecule has 0 radical (unpaired) electrons. The molecule has 0 unspecified atom stereocenters. The Bertz CT molecular complexity index is 883. The second-order valence-electron chi connectivity index (χ2n) is 5.61. The number of carbonyl (C=O) groups is 1. The molecule has 3 heteroatoms. The van der Waals surface area contributed by atoms with E-state index in [9.17, 15) is 4.79 Å². The van der Waals surface area contributed by atoms with Crippen LogP contribution in [-0.2, 0) is 6.42 Å². The van der Waals surface area contributed by atoms with Crippen molar-refractivity contribution >= 4 is 17.1 Å². The van der Waals surface area contributed by atoms with Crippen molar-refractivity contribution in [2.24, 2.45) is 0 Å². The summed E-state index contributed by atoms with van der Waals surface area (Å²) in [5.74, 6) is 1.41. The number of allylic oxidation sites excluding steroid dienone is 1. The molecule has 0 atom stereocenters.